The van der Waals surface area contributed by atoms with Crippen molar-refractivity contribution in [2.75, 3.05) is 26.2 Å². The fourth-order valence-electron chi connectivity index (χ4n) is 2.27. The van der Waals surface area contributed by atoms with E-state index in [4.69, 9.17) is 4.74 Å². The quantitative estimate of drug-likeness (QED) is 0.850. The van der Waals surface area contributed by atoms with Crippen molar-refractivity contribution < 1.29 is 4.74 Å². The fraction of sp³-hybridized carbons (Fsp3) is 0.615. The second kappa shape index (κ2) is 5.99. The van der Waals surface area contributed by atoms with Gasteiger partial charge in [-0.25, -0.2) is 0 Å². The maximum absolute atomic E-state index is 12.0. The van der Waals surface area contributed by atoms with Crippen LogP contribution in [-0.2, 0) is 11.3 Å². The van der Waals surface area contributed by atoms with Gasteiger partial charge in [0.2, 0.25) is 0 Å². The third-order valence-electron chi connectivity index (χ3n) is 3.30. The number of rotatable bonds is 3. The Morgan fingerprint density at radius 1 is 1.56 bits per heavy atom. The van der Waals surface area contributed by atoms with Crippen molar-refractivity contribution in [3.8, 4) is 0 Å². The van der Waals surface area contributed by atoms with Gasteiger partial charge in [-0.05, 0) is 35.5 Å². The average Bonchev–Trinajstić information content (AvgIpc) is 2.35. The number of nitrogens with zero attached hydrogens (tertiary/aromatic N) is 2. The van der Waals surface area contributed by atoms with Gasteiger partial charge in [-0.1, -0.05) is 6.92 Å². The van der Waals surface area contributed by atoms with Gasteiger partial charge in [-0.15, -0.1) is 0 Å². The van der Waals surface area contributed by atoms with Gasteiger partial charge < -0.3 is 9.30 Å². The molecule has 0 N–H and O–H groups in total. The van der Waals surface area contributed by atoms with Crippen molar-refractivity contribution in [1.29, 1.82) is 0 Å². The number of aryl methyl sites for hydroxylation is 1. The van der Waals surface area contributed by atoms with Crippen molar-refractivity contribution in [2.45, 2.75) is 26.5 Å². The summed E-state index contributed by atoms with van der Waals surface area (Å²) < 4.78 is 8.40. The predicted octanol–water partition coefficient (Wildman–Crippen LogP) is 1.64. The summed E-state index contributed by atoms with van der Waals surface area (Å²) in [5, 5.41) is 0. The zero-order valence-electron chi connectivity index (χ0n) is 10.9. The summed E-state index contributed by atoms with van der Waals surface area (Å²) >= 11 is 3.43. The van der Waals surface area contributed by atoms with Crippen LogP contribution in [0.4, 0.5) is 0 Å². The Kier molecular flexibility index (Phi) is 4.59. The lowest BCUT2D eigenvalue weighted by atomic mass is 10.2. The van der Waals surface area contributed by atoms with Crippen LogP contribution < -0.4 is 5.56 Å². The minimum absolute atomic E-state index is 0.0652. The molecule has 0 radical (unpaired) electrons. The molecule has 0 aliphatic carbocycles. The summed E-state index contributed by atoms with van der Waals surface area (Å²) in [4.78, 5) is 14.4. The topological polar surface area (TPSA) is 34.5 Å². The first-order chi connectivity index (χ1) is 8.60. The molecule has 1 aliphatic heterocycles. The molecular weight excluding hydrogens is 296 g/mol. The highest BCUT2D eigenvalue weighted by Crippen LogP contribution is 2.11. The molecule has 0 saturated carbocycles. The van der Waals surface area contributed by atoms with E-state index >= 15 is 0 Å². The van der Waals surface area contributed by atoms with E-state index in [1.165, 1.54) is 0 Å². The summed E-state index contributed by atoms with van der Waals surface area (Å²) in [7, 11) is 0. The van der Waals surface area contributed by atoms with Crippen molar-refractivity contribution in [3.05, 3.63) is 32.7 Å². The number of halogens is 1. The van der Waals surface area contributed by atoms with Gasteiger partial charge in [0.05, 0.1) is 19.3 Å². The lowest BCUT2D eigenvalue weighted by Gasteiger charge is -2.32. The number of hydrogen-bond acceptors (Lipinski definition) is 3. The molecule has 4 nitrogen and oxygen atoms in total. The molecular formula is C13H19BrN2O2. The Balaban J connectivity index is 2.12. The highest BCUT2D eigenvalue weighted by Gasteiger charge is 2.20. The van der Waals surface area contributed by atoms with Gasteiger partial charge in [0, 0.05) is 29.3 Å². The van der Waals surface area contributed by atoms with Crippen molar-refractivity contribution in [3.63, 3.8) is 0 Å². The lowest BCUT2D eigenvalue weighted by molar-refractivity contribution is -0.0347. The van der Waals surface area contributed by atoms with Crippen LogP contribution in [0.25, 0.3) is 0 Å². The van der Waals surface area contributed by atoms with Crippen LogP contribution in [0, 0.1) is 6.92 Å². The molecule has 0 spiro atoms. The molecule has 1 fully saturated rings. The minimum atomic E-state index is 0.0652. The first-order valence-corrected chi connectivity index (χ1v) is 7.10. The number of morpholine rings is 1. The first kappa shape index (κ1) is 13.8. The van der Waals surface area contributed by atoms with Gasteiger partial charge in [-0.2, -0.15) is 0 Å². The number of likely N-dealkylation sites (N-methyl/N-ethyl adjacent to an activating group) is 1. The molecule has 1 saturated heterocycles. The molecule has 5 heteroatoms. The van der Waals surface area contributed by atoms with Crippen molar-refractivity contribution >= 4 is 15.9 Å². The van der Waals surface area contributed by atoms with E-state index in [0.29, 0.717) is 6.54 Å². The number of hydrogen-bond donors (Lipinski definition) is 0. The van der Waals surface area contributed by atoms with E-state index in [-0.39, 0.29) is 11.7 Å². The van der Waals surface area contributed by atoms with Crippen molar-refractivity contribution in [1.82, 2.24) is 9.47 Å². The molecule has 1 aromatic heterocycles. The molecule has 0 bridgehead atoms. The molecule has 2 heterocycles. The van der Waals surface area contributed by atoms with Gasteiger partial charge in [0.15, 0.2) is 0 Å². The minimum Gasteiger partial charge on any atom is -0.374 e. The first-order valence-electron chi connectivity index (χ1n) is 6.30. The van der Waals surface area contributed by atoms with Gasteiger partial charge in [-0.3, -0.25) is 9.69 Å². The molecule has 0 aromatic carbocycles. The normalized spacial score (nSPS) is 21.2. The van der Waals surface area contributed by atoms with E-state index < -0.39 is 0 Å². The molecule has 1 aromatic rings. The van der Waals surface area contributed by atoms with Gasteiger partial charge in [0.1, 0.15) is 0 Å². The fourth-order valence-corrected chi connectivity index (χ4v) is 2.86. The van der Waals surface area contributed by atoms with Gasteiger partial charge >= 0.3 is 0 Å². The predicted molar refractivity (Wildman–Crippen MR) is 75.0 cm³/mol. The smallest absolute Gasteiger partial charge is 0.253 e. The zero-order chi connectivity index (χ0) is 13.1. The van der Waals surface area contributed by atoms with Crippen LogP contribution >= 0.6 is 15.9 Å². The average molecular weight is 315 g/mol. The third kappa shape index (κ3) is 3.22. The van der Waals surface area contributed by atoms with E-state index in [2.05, 4.69) is 27.8 Å². The number of ether oxygens (including phenoxy) is 1. The zero-order valence-corrected chi connectivity index (χ0v) is 12.4. The number of pyridine rings is 1. The Morgan fingerprint density at radius 3 is 3.06 bits per heavy atom. The summed E-state index contributed by atoms with van der Waals surface area (Å²) in [6.45, 7) is 8.28. The lowest BCUT2D eigenvalue weighted by Crippen LogP contribution is -2.45. The maximum atomic E-state index is 12.0. The molecule has 1 atom stereocenters. The number of aromatic nitrogens is 1. The summed E-state index contributed by atoms with van der Waals surface area (Å²) in [6, 6.07) is 1.85. The Bertz CT molecular complexity index is 473. The maximum Gasteiger partial charge on any atom is 0.253 e. The van der Waals surface area contributed by atoms with Crippen LogP contribution in [0.1, 0.15) is 12.5 Å². The molecule has 1 unspecified atom stereocenters. The largest absolute Gasteiger partial charge is 0.374 e. The van der Waals surface area contributed by atoms with Crippen LogP contribution in [0.3, 0.4) is 0 Å². The highest BCUT2D eigenvalue weighted by atomic mass is 79.9. The summed E-state index contributed by atoms with van der Waals surface area (Å²) in [5.41, 5.74) is 0.822. The SMILES string of the molecule is CCN1CCOC(Cn2cc(Br)cc(C)c2=O)C1. The van der Waals surface area contributed by atoms with Crippen LogP contribution in [-0.4, -0.2) is 41.8 Å². The molecule has 100 valence electrons. The van der Waals surface area contributed by atoms with E-state index in [1.54, 1.807) is 4.57 Å². The van der Waals surface area contributed by atoms with E-state index in [9.17, 15) is 4.79 Å². The van der Waals surface area contributed by atoms with E-state index in [0.717, 1.165) is 36.3 Å². The van der Waals surface area contributed by atoms with Crippen LogP contribution in [0.15, 0.2) is 21.5 Å². The monoisotopic (exact) mass is 314 g/mol. The molecule has 18 heavy (non-hydrogen) atoms. The second-order valence-corrected chi connectivity index (χ2v) is 5.60. The van der Waals surface area contributed by atoms with Crippen LogP contribution in [0.2, 0.25) is 0 Å². The van der Waals surface area contributed by atoms with Crippen molar-refractivity contribution in [2.24, 2.45) is 0 Å². The van der Waals surface area contributed by atoms with E-state index in [1.807, 2.05) is 19.2 Å². The Hall–Kier alpha value is -0.650. The van der Waals surface area contributed by atoms with Crippen LogP contribution in [0.5, 0.6) is 0 Å². The molecule has 0 amide bonds. The summed E-state index contributed by atoms with van der Waals surface area (Å²) in [6.07, 6.45) is 1.94. The summed E-state index contributed by atoms with van der Waals surface area (Å²) in [5.74, 6) is 0. The molecule has 2 rings (SSSR count). The standard InChI is InChI=1S/C13H19BrN2O2/c1-3-15-4-5-18-12(8-15)9-16-7-11(14)6-10(2)13(16)17/h6-7,12H,3-5,8-9H2,1-2H3. The highest BCUT2D eigenvalue weighted by molar-refractivity contribution is 9.10. The van der Waals surface area contributed by atoms with Gasteiger partial charge in [0.25, 0.3) is 5.56 Å². The second-order valence-electron chi connectivity index (χ2n) is 4.68. The Labute approximate surface area is 116 Å². The third-order valence-corrected chi connectivity index (χ3v) is 3.74. The Morgan fingerprint density at radius 2 is 2.33 bits per heavy atom. The molecule has 1 aliphatic rings.